The maximum Gasteiger partial charge on any atom is 0.252 e. The molecule has 2 heterocycles. The van der Waals surface area contributed by atoms with E-state index < -0.39 is 0 Å². The summed E-state index contributed by atoms with van der Waals surface area (Å²) < 4.78 is 11.7. The Labute approximate surface area is 277 Å². The van der Waals surface area contributed by atoms with Crippen molar-refractivity contribution in [3.05, 3.63) is 60.4 Å². The van der Waals surface area contributed by atoms with Crippen molar-refractivity contribution in [2.24, 2.45) is 5.92 Å². The average molecular weight is 646 g/mol. The smallest absolute Gasteiger partial charge is 0.252 e. The first-order chi connectivity index (χ1) is 22.5. The molecule has 2 amide bonds. The zero-order valence-electron chi connectivity index (χ0n) is 27.4. The third-order valence-electron chi connectivity index (χ3n) is 8.91. The Kier molecular flexibility index (Phi) is 12.3. The molecule has 1 N–H and O–H groups in total. The Hall–Kier alpha value is -3.63. The number of likely N-dealkylation sites (tertiary alicyclic amines) is 1. The number of carbonyl (C=O) groups excluding carboxylic acids is 2. The molecule has 9 nitrogen and oxygen atoms in total. The van der Waals surface area contributed by atoms with Gasteiger partial charge in [0.25, 0.3) is 5.91 Å². The molecule has 1 aliphatic carbocycles. The van der Waals surface area contributed by atoms with Crippen LogP contribution in [0.3, 0.4) is 0 Å². The molecule has 0 radical (unpaired) electrons. The van der Waals surface area contributed by atoms with Gasteiger partial charge in [0.1, 0.15) is 6.33 Å². The second kappa shape index (κ2) is 16.8. The van der Waals surface area contributed by atoms with Gasteiger partial charge in [-0.1, -0.05) is 36.8 Å². The van der Waals surface area contributed by atoms with Gasteiger partial charge in [0.2, 0.25) is 17.7 Å². The molecular formula is C36H47N5O4S. The Bertz CT molecular complexity index is 1420. The molecule has 10 heteroatoms. The minimum Gasteiger partial charge on any atom is -0.476 e. The number of aromatic nitrogens is 2. The fraction of sp³-hybridized carbons (Fsp3) is 0.500. The number of hydrogen-bond acceptors (Lipinski definition) is 8. The Balaban J connectivity index is 1.13. The van der Waals surface area contributed by atoms with E-state index in [2.05, 4.69) is 50.7 Å². The number of piperidine rings is 1. The number of nitrogens with one attached hydrogen (secondary N) is 1. The molecule has 246 valence electrons. The third kappa shape index (κ3) is 8.39. The molecule has 3 aromatic rings. The highest BCUT2D eigenvalue weighted by molar-refractivity contribution is 7.98. The van der Waals surface area contributed by atoms with Crippen LogP contribution in [0.2, 0.25) is 0 Å². The van der Waals surface area contributed by atoms with Crippen LogP contribution in [0.25, 0.3) is 11.1 Å². The quantitative estimate of drug-likeness (QED) is 0.148. The fourth-order valence-electron chi connectivity index (χ4n) is 6.14. The maximum absolute atomic E-state index is 13.6. The van der Waals surface area contributed by atoms with Crippen molar-refractivity contribution in [3.63, 3.8) is 0 Å². The van der Waals surface area contributed by atoms with Gasteiger partial charge in [-0.3, -0.25) is 9.59 Å². The van der Waals surface area contributed by atoms with Gasteiger partial charge in [-0.05, 0) is 94.5 Å². The fourth-order valence-corrected chi connectivity index (χ4v) is 6.55. The highest BCUT2D eigenvalue weighted by atomic mass is 32.2. The molecule has 0 atom stereocenters. The molecule has 1 saturated carbocycles. The lowest BCUT2D eigenvalue weighted by Gasteiger charge is -2.34. The van der Waals surface area contributed by atoms with Crippen LogP contribution >= 0.6 is 11.8 Å². The molecule has 0 bridgehead atoms. The lowest BCUT2D eigenvalue weighted by Crippen LogP contribution is -2.45. The van der Waals surface area contributed by atoms with E-state index >= 15 is 0 Å². The predicted octanol–water partition coefficient (Wildman–Crippen LogP) is 6.47. The third-order valence-corrected chi connectivity index (χ3v) is 9.65. The van der Waals surface area contributed by atoms with E-state index in [9.17, 15) is 9.59 Å². The van der Waals surface area contributed by atoms with Crippen molar-refractivity contribution >= 4 is 29.3 Å². The second-order valence-corrected chi connectivity index (χ2v) is 12.8. The largest absolute Gasteiger partial charge is 0.476 e. The van der Waals surface area contributed by atoms with Crippen LogP contribution in [0.5, 0.6) is 11.8 Å². The first-order valence-electron chi connectivity index (χ1n) is 16.7. The summed E-state index contributed by atoms with van der Waals surface area (Å²) in [5.74, 6) is 0.925. The number of hydrogen-bond donors (Lipinski definition) is 1. The van der Waals surface area contributed by atoms with E-state index in [0.717, 1.165) is 75.7 Å². The van der Waals surface area contributed by atoms with E-state index in [1.807, 2.05) is 43.0 Å². The van der Waals surface area contributed by atoms with Gasteiger partial charge in [0.15, 0.2) is 5.69 Å². The van der Waals surface area contributed by atoms with Crippen LogP contribution in [-0.2, 0) is 4.79 Å². The first-order valence-corrected chi connectivity index (χ1v) is 17.9. The monoisotopic (exact) mass is 645 g/mol. The summed E-state index contributed by atoms with van der Waals surface area (Å²) in [7, 11) is 0. The molecule has 46 heavy (non-hydrogen) atoms. The predicted molar refractivity (Wildman–Crippen MR) is 184 cm³/mol. The van der Waals surface area contributed by atoms with Crippen molar-refractivity contribution < 1.29 is 19.1 Å². The molecule has 1 aliphatic heterocycles. The van der Waals surface area contributed by atoms with Crippen LogP contribution in [0.4, 0.5) is 5.69 Å². The number of ether oxygens (including phenoxy) is 2. The summed E-state index contributed by atoms with van der Waals surface area (Å²) in [6.45, 7) is 8.07. The van der Waals surface area contributed by atoms with Crippen LogP contribution in [0, 0.1) is 5.92 Å². The minimum absolute atomic E-state index is 0.0121. The molecule has 2 aliphatic rings. The second-order valence-electron chi connectivity index (χ2n) is 11.9. The van der Waals surface area contributed by atoms with E-state index in [1.54, 1.807) is 11.8 Å². The molecule has 0 unspecified atom stereocenters. The van der Waals surface area contributed by atoms with Gasteiger partial charge in [-0.15, -0.1) is 11.8 Å². The first kappa shape index (κ1) is 33.7. The number of carbonyl (C=O) groups is 2. The van der Waals surface area contributed by atoms with Gasteiger partial charge < -0.3 is 24.6 Å². The van der Waals surface area contributed by atoms with Crippen molar-refractivity contribution in [2.75, 3.05) is 50.5 Å². The maximum atomic E-state index is 13.6. The summed E-state index contributed by atoms with van der Waals surface area (Å²) in [5, 5.41) is 3.30. The molecule has 2 fully saturated rings. The van der Waals surface area contributed by atoms with E-state index in [0.29, 0.717) is 42.8 Å². The zero-order valence-corrected chi connectivity index (χ0v) is 28.2. The highest BCUT2D eigenvalue weighted by Gasteiger charge is 2.34. The summed E-state index contributed by atoms with van der Waals surface area (Å²) in [4.78, 5) is 41.2. The number of rotatable bonds is 15. The Morgan fingerprint density at radius 2 is 1.61 bits per heavy atom. The molecule has 0 spiro atoms. The number of thioether (sulfide) groups is 1. The van der Waals surface area contributed by atoms with Crippen molar-refractivity contribution in [1.29, 1.82) is 0 Å². The summed E-state index contributed by atoms with van der Waals surface area (Å²) >= 11 is 1.71. The number of unbranched alkanes of at least 4 members (excludes halogenated alkanes) is 1. The Morgan fingerprint density at radius 3 is 2.22 bits per heavy atom. The van der Waals surface area contributed by atoms with Crippen LogP contribution in [-0.4, -0.2) is 78.4 Å². The van der Waals surface area contributed by atoms with Crippen LogP contribution < -0.4 is 19.7 Å². The van der Waals surface area contributed by atoms with Gasteiger partial charge in [-0.2, -0.15) is 9.97 Å². The summed E-state index contributed by atoms with van der Waals surface area (Å²) in [6, 6.07) is 16.4. The Morgan fingerprint density at radius 1 is 0.935 bits per heavy atom. The van der Waals surface area contributed by atoms with Gasteiger partial charge in [-0.25, -0.2) is 0 Å². The zero-order chi connectivity index (χ0) is 32.3. The highest BCUT2D eigenvalue weighted by Crippen LogP contribution is 2.38. The van der Waals surface area contributed by atoms with Crippen molar-refractivity contribution in [3.8, 4) is 22.9 Å². The standard InChI is InChI=1S/C36H47N5O4S/c1-4-44-34-32(35(45-5-2)38-25-37-34)41(36(43)27-11-10-12-27)22-9-8-21-40-23-19-28(20-24-40)39-33(42)31-14-7-6-13-30(31)26-15-17-29(46-3)18-16-26/h6-7,13-18,25,27-28H,4-5,8-12,19-24H2,1-3H3,(H,39,42). The summed E-state index contributed by atoms with van der Waals surface area (Å²) in [5.41, 5.74) is 3.28. The van der Waals surface area contributed by atoms with E-state index in [1.165, 1.54) is 11.2 Å². The topological polar surface area (TPSA) is 96.9 Å². The average Bonchev–Trinajstić information content (AvgIpc) is 3.05. The number of benzene rings is 2. The number of amides is 2. The molecule has 1 saturated heterocycles. The van der Waals surface area contributed by atoms with Gasteiger partial charge in [0, 0.05) is 42.1 Å². The number of nitrogens with zero attached hydrogens (tertiary/aromatic N) is 4. The van der Waals surface area contributed by atoms with Gasteiger partial charge >= 0.3 is 0 Å². The van der Waals surface area contributed by atoms with E-state index in [4.69, 9.17) is 9.47 Å². The molecule has 5 rings (SSSR count). The molecular weight excluding hydrogens is 598 g/mol. The normalized spacial score (nSPS) is 15.6. The SMILES string of the molecule is CCOc1ncnc(OCC)c1N(CCCCN1CCC(NC(=O)c2ccccc2-c2ccc(SC)cc2)CC1)C(=O)C1CCC1. The number of anilines is 1. The van der Waals surface area contributed by atoms with Crippen LogP contribution in [0.1, 0.15) is 69.2 Å². The van der Waals surface area contributed by atoms with Crippen molar-refractivity contribution in [1.82, 2.24) is 20.2 Å². The lowest BCUT2D eigenvalue weighted by molar-refractivity contribution is -0.124. The van der Waals surface area contributed by atoms with Crippen LogP contribution in [0.15, 0.2) is 59.8 Å². The summed E-state index contributed by atoms with van der Waals surface area (Å²) in [6.07, 6.45) is 10.0. The van der Waals surface area contributed by atoms with Gasteiger partial charge in [0.05, 0.1) is 13.2 Å². The van der Waals surface area contributed by atoms with Crippen molar-refractivity contribution in [2.45, 2.75) is 69.7 Å². The molecule has 1 aromatic heterocycles. The van der Waals surface area contributed by atoms with E-state index in [-0.39, 0.29) is 23.8 Å². The molecule has 2 aromatic carbocycles. The lowest BCUT2D eigenvalue weighted by atomic mass is 9.84. The minimum atomic E-state index is -0.0121.